The van der Waals surface area contributed by atoms with Crippen LogP contribution in [0.5, 0.6) is 6.01 Å². The van der Waals surface area contributed by atoms with Gasteiger partial charge in [-0.15, -0.1) is 0 Å². The summed E-state index contributed by atoms with van der Waals surface area (Å²) in [6, 6.07) is 10.0. The number of ether oxygens (including phenoxy) is 1. The van der Waals surface area contributed by atoms with Crippen molar-refractivity contribution in [3.05, 3.63) is 36.5 Å². The molecule has 0 atom stereocenters. The summed E-state index contributed by atoms with van der Waals surface area (Å²) in [6.45, 7) is 3.80. The van der Waals surface area contributed by atoms with Crippen LogP contribution in [-0.4, -0.2) is 26.0 Å². The van der Waals surface area contributed by atoms with Crippen LogP contribution in [0, 0.1) is 0 Å². The van der Waals surface area contributed by atoms with E-state index >= 15 is 0 Å². The molecule has 0 saturated heterocycles. The molecule has 0 aliphatic carbocycles. The zero-order valence-electron chi connectivity index (χ0n) is 11.8. The third-order valence-electron chi connectivity index (χ3n) is 2.82. The first-order valence-corrected chi connectivity index (χ1v) is 6.65. The molecular formula is C15H15N5O. The van der Waals surface area contributed by atoms with Gasteiger partial charge in [-0.25, -0.2) is 0 Å². The van der Waals surface area contributed by atoms with Crippen molar-refractivity contribution < 1.29 is 4.74 Å². The van der Waals surface area contributed by atoms with Crippen molar-refractivity contribution in [2.75, 3.05) is 5.73 Å². The molecule has 0 radical (unpaired) electrons. The molecule has 21 heavy (non-hydrogen) atoms. The fourth-order valence-corrected chi connectivity index (χ4v) is 1.96. The molecule has 3 rings (SSSR count). The summed E-state index contributed by atoms with van der Waals surface area (Å²) in [5.41, 5.74) is 7.42. The van der Waals surface area contributed by atoms with Gasteiger partial charge in [0.2, 0.25) is 5.95 Å². The maximum Gasteiger partial charge on any atom is 0.322 e. The highest BCUT2D eigenvalue weighted by molar-refractivity contribution is 5.82. The van der Waals surface area contributed by atoms with Crippen LogP contribution in [0.15, 0.2) is 36.5 Å². The first-order chi connectivity index (χ1) is 10.1. The fourth-order valence-electron chi connectivity index (χ4n) is 1.96. The number of aromatic nitrogens is 4. The molecule has 0 aliphatic rings. The number of nitrogens with zero attached hydrogens (tertiary/aromatic N) is 4. The van der Waals surface area contributed by atoms with Crippen LogP contribution < -0.4 is 10.5 Å². The first-order valence-electron chi connectivity index (χ1n) is 6.65. The molecule has 6 nitrogen and oxygen atoms in total. The fraction of sp³-hybridized carbons (Fsp3) is 0.200. The molecule has 3 aromatic rings. The van der Waals surface area contributed by atoms with E-state index in [1.54, 1.807) is 6.20 Å². The number of nitrogen functional groups attached to an aromatic ring is 1. The Bertz CT molecular complexity index is 788. The molecule has 2 aromatic heterocycles. The van der Waals surface area contributed by atoms with E-state index in [9.17, 15) is 0 Å². The van der Waals surface area contributed by atoms with E-state index in [2.05, 4.69) is 19.9 Å². The van der Waals surface area contributed by atoms with Gasteiger partial charge >= 0.3 is 6.01 Å². The molecule has 0 amide bonds. The predicted octanol–water partition coefficient (Wildman–Crippen LogP) is 2.46. The minimum Gasteiger partial charge on any atom is -0.461 e. The Labute approximate surface area is 122 Å². The molecule has 0 unspecified atom stereocenters. The predicted molar refractivity (Wildman–Crippen MR) is 80.7 cm³/mol. The molecule has 2 heterocycles. The first kappa shape index (κ1) is 13.2. The highest BCUT2D eigenvalue weighted by atomic mass is 16.5. The van der Waals surface area contributed by atoms with Crippen LogP contribution in [0.25, 0.3) is 22.3 Å². The standard InChI is InChI=1S/C15H15N5O/c1-9(2)21-15-19-13(18-14(16)20-15)11-7-10-5-3-4-6-12(10)17-8-11/h3-9H,1-2H3,(H2,16,18,19,20). The van der Waals surface area contributed by atoms with E-state index in [0.29, 0.717) is 5.82 Å². The number of benzene rings is 1. The highest BCUT2D eigenvalue weighted by Gasteiger charge is 2.10. The lowest BCUT2D eigenvalue weighted by Crippen LogP contribution is -2.11. The van der Waals surface area contributed by atoms with Crippen LogP contribution in [0.2, 0.25) is 0 Å². The minimum absolute atomic E-state index is 0.0330. The molecule has 6 heteroatoms. The van der Waals surface area contributed by atoms with E-state index in [1.807, 2.05) is 44.2 Å². The van der Waals surface area contributed by atoms with Crippen molar-refractivity contribution in [3.8, 4) is 17.4 Å². The second kappa shape index (κ2) is 5.32. The maximum atomic E-state index is 5.72. The topological polar surface area (TPSA) is 86.8 Å². The van der Waals surface area contributed by atoms with E-state index in [0.717, 1.165) is 16.5 Å². The Morgan fingerprint density at radius 2 is 1.90 bits per heavy atom. The van der Waals surface area contributed by atoms with E-state index < -0.39 is 0 Å². The SMILES string of the molecule is CC(C)Oc1nc(N)nc(-c2cnc3ccccc3c2)n1. The normalized spacial score (nSPS) is 11.0. The van der Waals surface area contributed by atoms with Gasteiger partial charge in [0.05, 0.1) is 11.6 Å². The third kappa shape index (κ3) is 2.89. The summed E-state index contributed by atoms with van der Waals surface area (Å²) in [4.78, 5) is 16.8. The van der Waals surface area contributed by atoms with Gasteiger partial charge in [0.1, 0.15) is 0 Å². The van der Waals surface area contributed by atoms with Crippen molar-refractivity contribution in [2.45, 2.75) is 20.0 Å². The number of rotatable bonds is 3. The van der Waals surface area contributed by atoms with Crippen molar-refractivity contribution in [1.82, 2.24) is 19.9 Å². The van der Waals surface area contributed by atoms with Gasteiger partial charge in [-0.1, -0.05) is 18.2 Å². The van der Waals surface area contributed by atoms with Crippen molar-refractivity contribution >= 4 is 16.9 Å². The molecule has 0 fully saturated rings. The van der Waals surface area contributed by atoms with Crippen molar-refractivity contribution in [1.29, 1.82) is 0 Å². The second-order valence-electron chi connectivity index (χ2n) is 4.88. The zero-order valence-corrected chi connectivity index (χ0v) is 11.8. The summed E-state index contributed by atoms with van der Waals surface area (Å²) in [7, 11) is 0. The van der Waals surface area contributed by atoms with E-state index in [-0.39, 0.29) is 18.1 Å². The van der Waals surface area contributed by atoms with E-state index in [1.165, 1.54) is 0 Å². The number of anilines is 1. The summed E-state index contributed by atoms with van der Waals surface area (Å²) in [6.07, 6.45) is 1.69. The van der Waals surface area contributed by atoms with Crippen molar-refractivity contribution in [2.24, 2.45) is 0 Å². The van der Waals surface area contributed by atoms with Gasteiger partial charge in [0, 0.05) is 17.1 Å². The molecule has 106 valence electrons. The molecule has 0 bridgehead atoms. The summed E-state index contributed by atoms with van der Waals surface area (Å²) in [5, 5.41) is 1.01. The number of hydrogen-bond acceptors (Lipinski definition) is 6. The number of para-hydroxylation sites is 1. The Morgan fingerprint density at radius 3 is 2.71 bits per heavy atom. The van der Waals surface area contributed by atoms with Gasteiger partial charge in [-0.05, 0) is 26.0 Å². The monoisotopic (exact) mass is 281 g/mol. The lowest BCUT2D eigenvalue weighted by Gasteiger charge is -2.09. The second-order valence-corrected chi connectivity index (χ2v) is 4.88. The highest BCUT2D eigenvalue weighted by Crippen LogP contribution is 2.21. The molecule has 0 aliphatic heterocycles. The van der Waals surface area contributed by atoms with Crippen LogP contribution in [-0.2, 0) is 0 Å². The summed E-state index contributed by atoms with van der Waals surface area (Å²) < 4.78 is 5.48. The Hall–Kier alpha value is -2.76. The molecule has 2 N–H and O–H groups in total. The number of fused-ring (bicyclic) bond motifs is 1. The van der Waals surface area contributed by atoms with Gasteiger partial charge in [0.25, 0.3) is 0 Å². The lowest BCUT2D eigenvalue weighted by molar-refractivity contribution is 0.222. The van der Waals surface area contributed by atoms with Crippen LogP contribution in [0.3, 0.4) is 0 Å². The Kier molecular flexibility index (Phi) is 3.35. The van der Waals surface area contributed by atoms with Crippen LogP contribution in [0.1, 0.15) is 13.8 Å². The van der Waals surface area contributed by atoms with Gasteiger partial charge in [-0.3, -0.25) is 4.98 Å². The van der Waals surface area contributed by atoms with Gasteiger partial charge in [0.15, 0.2) is 5.82 Å². The summed E-state index contributed by atoms with van der Waals surface area (Å²) in [5.74, 6) is 0.584. The minimum atomic E-state index is -0.0330. The van der Waals surface area contributed by atoms with Gasteiger partial charge < -0.3 is 10.5 Å². The molecule has 1 aromatic carbocycles. The summed E-state index contributed by atoms with van der Waals surface area (Å²) >= 11 is 0. The van der Waals surface area contributed by atoms with Crippen LogP contribution >= 0.6 is 0 Å². The lowest BCUT2D eigenvalue weighted by atomic mass is 10.1. The van der Waals surface area contributed by atoms with Crippen LogP contribution in [0.4, 0.5) is 5.95 Å². The average molecular weight is 281 g/mol. The van der Waals surface area contributed by atoms with Crippen molar-refractivity contribution in [3.63, 3.8) is 0 Å². The Morgan fingerprint density at radius 1 is 1.10 bits per heavy atom. The largest absolute Gasteiger partial charge is 0.461 e. The molecule has 0 saturated carbocycles. The zero-order chi connectivity index (χ0) is 14.8. The smallest absolute Gasteiger partial charge is 0.322 e. The number of pyridine rings is 1. The maximum absolute atomic E-state index is 5.72. The number of hydrogen-bond donors (Lipinski definition) is 1. The average Bonchev–Trinajstić information content (AvgIpc) is 2.45. The molecule has 0 spiro atoms. The quantitative estimate of drug-likeness (QED) is 0.793. The third-order valence-corrected chi connectivity index (χ3v) is 2.82. The van der Waals surface area contributed by atoms with Gasteiger partial charge in [-0.2, -0.15) is 15.0 Å². The Balaban J connectivity index is 2.06. The van der Waals surface area contributed by atoms with E-state index in [4.69, 9.17) is 10.5 Å². The number of nitrogens with two attached hydrogens (primary N) is 1. The molecular weight excluding hydrogens is 266 g/mol.